The number of anilines is 1. The average molecular weight is 383 g/mol. The Labute approximate surface area is 164 Å². The van der Waals surface area contributed by atoms with E-state index in [2.05, 4.69) is 47.8 Å². The Morgan fingerprint density at radius 1 is 1.26 bits per heavy atom. The Hall–Kier alpha value is -2.46. The molecule has 5 nitrogen and oxygen atoms in total. The second-order valence-electron chi connectivity index (χ2n) is 6.91. The van der Waals surface area contributed by atoms with E-state index in [0.29, 0.717) is 10.6 Å². The fourth-order valence-corrected chi connectivity index (χ4v) is 4.13. The highest BCUT2D eigenvalue weighted by atomic mass is 32.1. The number of hydrogen-bond acceptors (Lipinski definition) is 3. The summed E-state index contributed by atoms with van der Waals surface area (Å²) in [5.74, 6) is -0.00336. The van der Waals surface area contributed by atoms with Crippen LogP contribution in [0.5, 0.6) is 0 Å². The molecule has 1 amide bonds. The zero-order valence-electron chi connectivity index (χ0n) is 15.6. The molecule has 1 saturated heterocycles. The number of rotatable bonds is 6. The monoisotopic (exact) mass is 382 g/mol. The fraction of sp³-hybridized carbons (Fsp3) is 0.333. The molecule has 140 valence electrons. The van der Waals surface area contributed by atoms with Crippen LogP contribution in [0.25, 0.3) is 6.08 Å². The number of nitriles is 1. The van der Waals surface area contributed by atoms with Crippen molar-refractivity contribution in [1.82, 2.24) is 0 Å². The summed E-state index contributed by atoms with van der Waals surface area (Å²) in [5, 5.41) is 14.5. The lowest BCUT2D eigenvalue weighted by Gasteiger charge is -2.32. The second-order valence-corrected chi connectivity index (χ2v) is 7.83. The summed E-state index contributed by atoms with van der Waals surface area (Å²) in [5.41, 5.74) is 1.77. The Kier molecular flexibility index (Phi) is 6.77. The van der Waals surface area contributed by atoms with Gasteiger partial charge in [0.05, 0.1) is 12.1 Å². The van der Waals surface area contributed by atoms with Crippen LogP contribution in [-0.4, -0.2) is 44.7 Å². The number of carbonyl (C=O) groups is 1. The van der Waals surface area contributed by atoms with E-state index in [9.17, 15) is 4.79 Å². The third-order valence-electron chi connectivity index (χ3n) is 5.14. The molecular weight excluding hydrogens is 356 g/mol. The first-order valence-corrected chi connectivity index (χ1v) is 10.2. The molecule has 0 aliphatic carbocycles. The number of benzene rings is 1. The lowest BCUT2D eigenvalue weighted by Crippen LogP contribution is -3.29. The number of quaternary nitrogens is 2. The molecule has 0 saturated carbocycles. The molecule has 6 heteroatoms. The van der Waals surface area contributed by atoms with Crippen molar-refractivity contribution >= 4 is 28.3 Å². The van der Waals surface area contributed by atoms with Gasteiger partial charge in [-0.05, 0) is 30.0 Å². The van der Waals surface area contributed by atoms with Crippen LogP contribution >= 0.6 is 11.3 Å². The number of hydrogen-bond donors (Lipinski definition) is 3. The first-order chi connectivity index (χ1) is 13.2. The molecule has 1 aliphatic rings. The predicted octanol–water partition coefficient (Wildman–Crippen LogP) is 0.444. The van der Waals surface area contributed by atoms with E-state index in [4.69, 9.17) is 5.26 Å². The van der Waals surface area contributed by atoms with Gasteiger partial charge in [-0.2, -0.15) is 5.26 Å². The van der Waals surface area contributed by atoms with Gasteiger partial charge in [-0.1, -0.05) is 36.4 Å². The average Bonchev–Trinajstić information content (AvgIpc) is 3.16. The maximum atomic E-state index is 12.5. The molecule has 1 atom stereocenters. The van der Waals surface area contributed by atoms with Crippen LogP contribution in [-0.2, 0) is 4.79 Å². The van der Waals surface area contributed by atoms with Crippen LogP contribution in [0.15, 0.2) is 47.9 Å². The molecule has 0 radical (unpaired) electrons. The smallest absolute Gasteiger partial charge is 0.283 e. The van der Waals surface area contributed by atoms with Gasteiger partial charge in [0.15, 0.2) is 6.04 Å². The van der Waals surface area contributed by atoms with Gasteiger partial charge in [-0.3, -0.25) is 4.79 Å². The number of nitrogens with one attached hydrogen (secondary N) is 3. The SMILES string of the molecule is C[C@@H](C(=O)Nc1sccc1C#N)[NH+]1CC[NH+](C/C=C/c2ccccc2)CC1. The topological polar surface area (TPSA) is 61.8 Å². The molecule has 1 fully saturated rings. The summed E-state index contributed by atoms with van der Waals surface area (Å²) in [6.07, 6.45) is 4.42. The Bertz CT molecular complexity index is 816. The number of amides is 1. The van der Waals surface area contributed by atoms with Crippen LogP contribution in [0, 0.1) is 11.3 Å². The van der Waals surface area contributed by atoms with Gasteiger partial charge in [0.2, 0.25) is 0 Å². The minimum Gasteiger partial charge on any atom is -0.322 e. The quantitative estimate of drug-likeness (QED) is 0.679. The molecule has 3 N–H and O–H groups in total. The van der Waals surface area contributed by atoms with E-state index in [0.717, 1.165) is 32.7 Å². The molecule has 1 aliphatic heterocycles. The van der Waals surface area contributed by atoms with Gasteiger partial charge in [0.1, 0.15) is 37.2 Å². The molecule has 1 aromatic heterocycles. The van der Waals surface area contributed by atoms with Gasteiger partial charge in [0.25, 0.3) is 5.91 Å². The summed E-state index contributed by atoms with van der Waals surface area (Å²) in [6, 6.07) is 14.1. The van der Waals surface area contributed by atoms with E-state index in [1.807, 2.05) is 18.4 Å². The van der Waals surface area contributed by atoms with Crippen LogP contribution < -0.4 is 15.1 Å². The van der Waals surface area contributed by atoms with Crippen molar-refractivity contribution < 1.29 is 14.6 Å². The van der Waals surface area contributed by atoms with Gasteiger partial charge in [-0.15, -0.1) is 11.3 Å². The normalized spacial score (nSPS) is 20.9. The maximum Gasteiger partial charge on any atom is 0.283 e. The number of thiophene rings is 1. The molecule has 0 bridgehead atoms. The highest BCUT2D eigenvalue weighted by Gasteiger charge is 2.31. The van der Waals surface area contributed by atoms with Crippen LogP contribution in [0.1, 0.15) is 18.1 Å². The Morgan fingerprint density at radius 3 is 2.70 bits per heavy atom. The van der Waals surface area contributed by atoms with Crippen molar-refractivity contribution in [2.24, 2.45) is 0 Å². The second kappa shape index (κ2) is 9.47. The van der Waals surface area contributed by atoms with E-state index in [-0.39, 0.29) is 11.9 Å². The van der Waals surface area contributed by atoms with Crippen molar-refractivity contribution in [1.29, 1.82) is 5.26 Å². The zero-order valence-corrected chi connectivity index (χ0v) is 16.4. The summed E-state index contributed by atoms with van der Waals surface area (Å²) in [6.45, 7) is 7.09. The lowest BCUT2D eigenvalue weighted by atomic mass is 10.2. The molecule has 2 heterocycles. The third-order valence-corrected chi connectivity index (χ3v) is 5.97. The van der Waals surface area contributed by atoms with Gasteiger partial charge >= 0.3 is 0 Å². The van der Waals surface area contributed by atoms with Crippen molar-refractivity contribution in [3.8, 4) is 6.07 Å². The van der Waals surface area contributed by atoms with Gasteiger partial charge in [0, 0.05) is 0 Å². The molecule has 0 unspecified atom stereocenters. The Balaban J connectivity index is 1.45. The van der Waals surface area contributed by atoms with Crippen LogP contribution in [0.2, 0.25) is 0 Å². The van der Waals surface area contributed by atoms with Crippen molar-refractivity contribution in [2.45, 2.75) is 13.0 Å². The van der Waals surface area contributed by atoms with Crippen LogP contribution in [0.3, 0.4) is 0 Å². The number of nitrogens with zero attached hydrogens (tertiary/aromatic N) is 1. The minimum atomic E-state index is -0.111. The highest BCUT2D eigenvalue weighted by Crippen LogP contribution is 2.21. The van der Waals surface area contributed by atoms with Crippen molar-refractivity contribution in [3.63, 3.8) is 0 Å². The van der Waals surface area contributed by atoms with Crippen LogP contribution in [0.4, 0.5) is 5.00 Å². The van der Waals surface area contributed by atoms with E-state index in [1.54, 1.807) is 11.0 Å². The van der Waals surface area contributed by atoms with Crippen molar-refractivity contribution in [2.75, 3.05) is 38.0 Å². The summed E-state index contributed by atoms with van der Waals surface area (Å²) >= 11 is 1.40. The van der Waals surface area contributed by atoms with E-state index >= 15 is 0 Å². The number of piperazine rings is 1. The summed E-state index contributed by atoms with van der Waals surface area (Å²) in [4.78, 5) is 15.4. The summed E-state index contributed by atoms with van der Waals surface area (Å²) in [7, 11) is 0. The molecule has 2 aromatic rings. The lowest BCUT2D eigenvalue weighted by molar-refractivity contribution is -1.02. The highest BCUT2D eigenvalue weighted by molar-refractivity contribution is 7.14. The Morgan fingerprint density at radius 2 is 2.00 bits per heavy atom. The zero-order chi connectivity index (χ0) is 19.1. The predicted molar refractivity (Wildman–Crippen MR) is 109 cm³/mol. The van der Waals surface area contributed by atoms with E-state index < -0.39 is 0 Å². The molecular formula is C21H26N4OS+2. The van der Waals surface area contributed by atoms with E-state index in [1.165, 1.54) is 21.8 Å². The minimum absolute atomic E-state index is 0.00336. The number of carbonyl (C=O) groups excluding carboxylic acids is 1. The first kappa shape index (κ1) is 19.3. The van der Waals surface area contributed by atoms with Crippen molar-refractivity contribution in [3.05, 3.63) is 59.0 Å². The molecule has 3 rings (SSSR count). The summed E-state index contributed by atoms with van der Waals surface area (Å²) < 4.78 is 0. The molecule has 27 heavy (non-hydrogen) atoms. The fourth-order valence-electron chi connectivity index (χ4n) is 3.39. The largest absolute Gasteiger partial charge is 0.322 e. The standard InChI is InChI=1S/C21H24N4OS/c1-17(20(26)23-21-19(16-22)9-15-27-21)25-13-11-24(12-14-25)10-5-8-18-6-3-2-4-7-18/h2-9,15,17H,10-14H2,1H3,(H,23,26)/p+2/b8-5+/t17-/m0/s1. The first-order valence-electron chi connectivity index (χ1n) is 9.35. The third kappa shape index (κ3) is 5.27. The van der Waals surface area contributed by atoms with Gasteiger partial charge < -0.3 is 15.1 Å². The van der Waals surface area contributed by atoms with Gasteiger partial charge in [-0.25, -0.2) is 0 Å². The molecule has 1 aromatic carbocycles. The maximum absolute atomic E-state index is 12.5. The molecule has 0 spiro atoms.